The van der Waals surface area contributed by atoms with Gasteiger partial charge < -0.3 is 0 Å². The lowest BCUT2D eigenvalue weighted by molar-refractivity contribution is 0.0291. The molecule has 24 heavy (non-hydrogen) atoms. The van der Waals surface area contributed by atoms with E-state index in [2.05, 4.69) is 72.3 Å². The summed E-state index contributed by atoms with van der Waals surface area (Å²) in [6, 6.07) is 11.4. The van der Waals surface area contributed by atoms with E-state index < -0.39 is 0 Å². The molecule has 1 aliphatic heterocycles. The minimum Gasteiger partial charge on any atom is -0.298 e. The molecule has 4 nitrogen and oxygen atoms in total. The Bertz CT molecular complexity index is 624. The van der Waals surface area contributed by atoms with Crippen LogP contribution in [0.25, 0.3) is 0 Å². The highest BCUT2D eigenvalue weighted by atomic mass is 15.3. The van der Waals surface area contributed by atoms with E-state index in [9.17, 15) is 0 Å². The van der Waals surface area contributed by atoms with Crippen molar-refractivity contribution >= 4 is 0 Å². The van der Waals surface area contributed by atoms with Crippen LogP contribution in [0.5, 0.6) is 0 Å². The van der Waals surface area contributed by atoms with E-state index >= 15 is 0 Å². The lowest BCUT2D eigenvalue weighted by atomic mass is 9.84. The highest BCUT2D eigenvalue weighted by molar-refractivity contribution is 5.14. The van der Waals surface area contributed by atoms with E-state index in [0.717, 1.165) is 13.1 Å². The van der Waals surface area contributed by atoms with Gasteiger partial charge >= 0.3 is 0 Å². The average Bonchev–Trinajstić information content (AvgIpc) is 2.92. The second-order valence-electron chi connectivity index (χ2n) is 7.56. The van der Waals surface area contributed by atoms with Crippen molar-refractivity contribution < 1.29 is 0 Å². The average molecular weight is 326 g/mol. The maximum atomic E-state index is 4.29. The summed E-state index contributed by atoms with van der Waals surface area (Å²) in [6.07, 6.45) is 4.10. The van der Waals surface area contributed by atoms with E-state index in [1.807, 2.05) is 17.9 Å². The Labute approximate surface area is 146 Å². The molecule has 2 unspecified atom stereocenters. The SMILES string of the molecule is CC1CN(Cc2ccccc2)CC(C)C1N(C)Cc1cnn(C)c1. The number of piperidine rings is 1. The van der Waals surface area contributed by atoms with Gasteiger partial charge in [-0.05, 0) is 24.4 Å². The maximum Gasteiger partial charge on any atom is 0.0534 e. The van der Waals surface area contributed by atoms with Gasteiger partial charge in [0.1, 0.15) is 0 Å². The molecule has 1 saturated heterocycles. The molecule has 1 aromatic carbocycles. The molecule has 1 aliphatic rings. The molecule has 0 N–H and O–H groups in total. The van der Waals surface area contributed by atoms with Crippen LogP contribution in [0.2, 0.25) is 0 Å². The number of hydrogen-bond acceptors (Lipinski definition) is 3. The Hall–Kier alpha value is -1.65. The molecule has 2 aromatic rings. The molecule has 130 valence electrons. The lowest BCUT2D eigenvalue weighted by Gasteiger charge is -2.45. The maximum absolute atomic E-state index is 4.29. The van der Waals surface area contributed by atoms with Crippen molar-refractivity contribution in [3.8, 4) is 0 Å². The Kier molecular flexibility index (Phi) is 5.36. The van der Waals surface area contributed by atoms with E-state index in [-0.39, 0.29) is 0 Å². The molecule has 0 spiro atoms. The zero-order valence-electron chi connectivity index (χ0n) is 15.4. The Morgan fingerprint density at radius 2 is 1.75 bits per heavy atom. The van der Waals surface area contributed by atoms with E-state index in [0.29, 0.717) is 17.9 Å². The second-order valence-corrected chi connectivity index (χ2v) is 7.56. The number of rotatable bonds is 5. The first-order valence-electron chi connectivity index (χ1n) is 8.97. The van der Waals surface area contributed by atoms with Crippen molar-refractivity contribution in [2.24, 2.45) is 18.9 Å². The summed E-state index contributed by atoms with van der Waals surface area (Å²) in [5.74, 6) is 1.33. The van der Waals surface area contributed by atoms with Crippen molar-refractivity contribution in [1.29, 1.82) is 0 Å². The molecular weight excluding hydrogens is 296 g/mol. The molecule has 2 heterocycles. The molecule has 2 atom stereocenters. The zero-order valence-corrected chi connectivity index (χ0v) is 15.4. The quantitative estimate of drug-likeness (QED) is 0.844. The standard InChI is InChI=1S/C20H30N4/c1-16-11-24(15-18-8-6-5-7-9-18)12-17(2)20(16)22(3)13-19-10-21-23(4)14-19/h5-10,14,16-17,20H,11-13,15H2,1-4H3. The molecular formula is C20H30N4. The minimum absolute atomic E-state index is 0.622. The zero-order chi connectivity index (χ0) is 17.1. The summed E-state index contributed by atoms with van der Waals surface area (Å²) >= 11 is 0. The van der Waals surface area contributed by atoms with Gasteiger partial charge in [-0.3, -0.25) is 14.5 Å². The number of aryl methyl sites for hydroxylation is 1. The van der Waals surface area contributed by atoms with Gasteiger partial charge in [-0.2, -0.15) is 5.10 Å². The predicted molar refractivity (Wildman–Crippen MR) is 98.5 cm³/mol. The summed E-state index contributed by atoms with van der Waals surface area (Å²) in [4.78, 5) is 5.13. The third kappa shape index (κ3) is 4.05. The van der Waals surface area contributed by atoms with Gasteiger partial charge in [-0.1, -0.05) is 44.2 Å². The van der Waals surface area contributed by atoms with Gasteiger partial charge in [-0.25, -0.2) is 0 Å². The van der Waals surface area contributed by atoms with Crippen molar-refractivity contribution in [3.63, 3.8) is 0 Å². The Morgan fingerprint density at radius 1 is 1.08 bits per heavy atom. The third-order valence-corrected chi connectivity index (χ3v) is 5.21. The fourth-order valence-corrected chi connectivity index (χ4v) is 4.45. The van der Waals surface area contributed by atoms with Gasteiger partial charge in [0.2, 0.25) is 0 Å². The lowest BCUT2D eigenvalue weighted by Crippen LogP contribution is -2.53. The van der Waals surface area contributed by atoms with Crippen LogP contribution in [-0.4, -0.2) is 45.8 Å². The number of aromatic nitrogens is 2. The van der Waals surface area contributed by atoms with Crippen molar-refractivity contribution in [3.05, 3.63) is 53.9 Å². The van der Waals surface area contributed by atoms with Gasteiger partial charge in [-0.15, -0.1) is 0 Å². The van der Waals surface area contributed by atoms with Gasteiger partial charge in [0.15, 0.2) is 0 Å². The van der Waals surface area contributed by atoms with Crippen LogP contribution in [-0.2, 0) is 20.1 Å². The van der Waals surface area contributed by atoms with Gasteiger partial charge in [0.05, 0.1) is 6.20 Å². The van der Waals surface area contributed by atoms with Gasteiger partial charge in [0.25, 0.3) is 0 Å². The fraction of sp³-hybridized carbons (Fsp3) is 0.550. The van der Waals surface area contributed by atoms with Crippen molar-refractivity contribution in [1.82, 2.24) is 19.6 Å². The number of nitrogens with zero attached hydrogens (tertiary/aromatic N) is 4. The normalized spacial score (nSPS) is 25.3. The van der Waals surface area contributed by atoms with Crippen LogP contribution >= 0.6 is 0 Å². The minimum atomic E-state index is 0.622. The number of likely N-dealkylation sites (tertiary alicyclic amines) is 1. The molecule has 3 rings (SSSR count). The predicted octanol–water partition coefficient (Wildman–Crippen LogP) is 3.01. The Balaban J connectivity index is 1.60. The third-order valence-electron chi connectivity index (χ3n) is 5.21. The summed E-state index contributed by atoms with van der Waals surface area (Å²) in [5, 5.41) is 4.29. The van der Waals surface area contributed by atoms with Crippen LogP contribution in [0, 0.1) is 11.8 Å². The first-order valence-corrected chi connectivity index (χ1v) is 8.97. The first-order chi connectivity index (χ1) is 11.5. The number of hydrogen-bond donors (Lipinski definition) is 0. The van der Waals surface area contributed by atoms with Crippen LogP contribution < -0.4 is 0 Å². The first kappa shape index (κ1) is 17.2. The molecule has 1 aromatic heterocycles. The van der Waals surface area contributed by atoms with E-state index in [1.165, 1.54) is 24.2 Å². The largest absolute Gasteiger partial charge is 0.298 e. The smallest absolute Gasteiger partial charge is 0.0534 e. The number of benzene rings is 1. The fourth-order valence-electron chi connectivity index (χ4n) is 4.45. The molecule has 1 fully saturated rings. The molecule has 0 amide bonds. The van der Waals surface area contributed by atoms with E-state index in [1.54, 1.807) is 0 Å². The van der Waals surface area contributed by atoms with Crippen LogP contribution in [0.15, 0.2) is 42.7 Å². The highest BCUT2D eigenvalue weighted by Gasteiger charge is 2.34. The molecule has 4 heteroatoms. The second kappa shape index (κ2) is 7.49. The monoisotopic (exact) mass is 326 g/mol. The molecule has 0 radical (unpaired) electrons. The summed E-state index contributed by atoms with van der Waals surface area (Å²) < 4.78 is 1.89. The molecule has 0 aliphatic carbocycles. The van der Waals surface area contributed by atoms with Crippen molar-refractivity contribution in [2.45, 2.75) is 33.0 Å². The van der Waals surface area contributed by atoms with Crippen LogP contribution in [0.1, 0.15) is 25.0 Å². The summed E-state index contributed by atoms with van der Waals surface area (Å²) in [5.41, 5.74) is 2.71. The Morgan fingerprint density at radius 3 is 2.33 bits per heavy atom. The van der Waals surface area contributed by atoms with Crippen LogP contribution in [0.3, 0.4) is 0 Å². The van der Waals surface area contributed by atoms with Gasteiger partial charge in [0, 0.05) is 51.0 Å². The summed E-state index contributed by atoms with van der Waals surface area (Å²) in [6.45, 7) is 9.18. The van der Waals surface area contributed by atoms with Crippen molar-refractivity contribution in [2.75, 3.05) is 20.1 Å². The summed E-state index contributed by atoms with van der Waals surface area (Å²) in [7, 11) is 4.24. The van der Waals surface area contributed by atoms with E-state index in [4.69, 9.17) is 0 Å². The highest BCUT2D eigenvalue weighted by Crippen LogP contribution is 2.28. The molecule has 0 saturated carbocycles. The van der Waals surface area contributed by atoms with Crippen LogP contribution in [0.4, 0.5) is 0 Å². The molecule has 0 bridgehead atoms. The topological polar surface area (TPSA) is 24.3 Å².